The van der Waals surface area contributed by atoms with Crippen LogP contribution in [0.2, 0.25) is 0 Å². The van der Waals surface area contributed by atoms with E-state index in [-0.39, 0.29) is 6.04 Å². The fraction of sp³-hybridized carbons (Fsp3) is 0.529. The lowest BCUT2D eigenvalue weighted by Gasteiger charge is -2.30. The summed E-state index contributed by atoms with van der Waals surface area (Å²) < 4.78 is 20.8. The number of hydrogen-bond donors (Lipinski definition) is 0. The number of hydroxylamine groups is 2. The van der Waals surface area contributed by atoms with Crippen LogP contribution in [-0.4, -0.2) is 49.7 Å². The van der Waals surface area contributed by atoms with Gasteiger partial charge in [0, 0.05) is 13.1 Å². The van der Waals surface area contributed by atoms with Gasteiger partial charge in [-0.3, -0.25) is 0 Å². The highest BCUT2D eigenvalue weighted by Crippen LogP contribution is 2.21. The molecule has 2 aromatic rings. The fourth-order valence-corrected chi connectivity index (χ4v) is 2.81. The topological polar surface area (TPSA) is 91.5 Å². The zero-order valence-corrected chi connectivity index (χ0v) is 15.5. The summed E-state index contributed by atoms with van der Waals surface area (Å²) in [6.45, 7) is 6.14. The summed E-state index contributed by atoms with van der Waals surface area (Å²) in [5, 5.41) is 9.27. The van der Waals surface area contributed by atoms with Gasteiger partial charge in [0.15, 0.2) is 0 Å². The van der Waals surface area contributed by atoms with Crippen LogP contribution < -0.4 is 5.69 Å². The van der Waals surface area contributed by atoms with Crippen molar-refractivity contribution in [2.24, 2.45) is 0 Å². The summed E-state index contributed by atoms with van der Waals surface area (Å²) >= 11 is 0. The summed E-state index contributed by atoms with van der Waals surface area (Å²) in [4.78, 5) is 29.4. The van der Waals surface area contributed by atoms with E-state index in [0.29, 0.717) is 31.6 Å². The van der Waals surface area contributed by atoms with Crippen LogP contribution in [0.4, 0.5) is 9.18 Å². The maximum Gasteiger partial charge on any atom is 0.528 e. The smallest absolute Gasteiger partial charge is 0.427 e. The average molecular weight is 379 g/mol. The number of nitrogens with zero attached hydrogens (tertiary/aromatic N) is 5. The minimum Gasteiger partial charge on any atom is -0.427 e. The third kappa shape index (κ3) is 4.70. The van der Waals surface area contributed by atoms with E-state index in [2.05, 4.69) is 10.4 Å². The number of piperidine rings is 1. The molecule has 0 bridgehead atoms. The predicted octanol–water partition coefficient (Wildman–Crippen LogP) is 2.07. The second-order valence-corrected chi connectivity index (χ2v) is 7.31. The SMILES string of the molecule is CC(C)(C)OC(=O)ON1CCC(n2nnn(-c3cccc(F)c3)c2=O)CC1. The third-order valence-corrected chi connectivity index (χ3v) is 4.02. The molecule has 1 aliphatic rings. The van der Waals surface area contributed by atoms with E-state index in [1.807, 2.05) is 0 Å². The van der Waals surface area contributed by atoms with Crippen molar-refractivity contribution in [3.63, 3.8) is 0 Å². The predicted molar refractivity (Wildman–Crippen MR) is 92.7 cm³/mol. The molecular weight excluding hydrogens is 357 g/mol. The Labute approximate surface area is 155 Å². The molecule has 0 N–H and O–H groups in total. The van der Waals surface area contributed by atoms with Gasteiger partial charge in [-0.05, 0) is 62.2 Å². The van der Waals surface area contributed by atoms with E-state index < -0.39 is 23.3 Å². The molecule has 0 aliphatic carbocycles. The molecule has 1 aromatic heterocycles. The molecule has 2 heterocycles. The number of ether oxygens (including phenoxy) is 1. The van der Waals surface area contributed by atoms with Gasteiger partial charge in [0.25, 0.3) is 0 Å². The van der Waals surface area contributed by atoms with Gasteiger partial charge in [0.1, 0.15) is 11.4 Å². The molecule has 0 saturated carbocycles. The minimum absolute atomic E-state index is 0.182. The van der Waals surface area contributed by atoms with Crippen LogP contribution in [0, 0.1) is 5.82 Å². The first-order valence-electron chi connectivity index (χ1n) is 8.69. The lowest BCUT2D eigenvalue weighted by molar-refractivity contribution is -0.154. The van der Waals surface area contributed by atoms with Crippen molar-refractivity contribution < 1.29 is 18.8 Å². The van der Waals surface area contributed by atoms with Crippen molar-refractivity contribution in [3.8, 4) is 5.69 Å². The van der Waals surface area contributed by atoms with Gasteiger partial charge in [-0.15, -0.1) is 5.06 Å². The molecular formula is C17H22FN5O4. The molecule has 27 heavy (non-hydrogen) atoms. The van der Waals surface area contributed by atoms with Crippen LogP contribution in [0.25, 0.3) is 5.69 Å². The van der Waals surface area contributed by atoms with Gasteiger partial charge in [-0.25, -0.2) is 14.0 Å². The zero-order chi connectivity index (χ0) is 19.6. The molecule has 0 radical (unpaired) electrons. The fourth-order valence-electron chi connectivity index (χ4n) is 2.81. The van der Waals surface area contributed by atoms with Gasteiger partial charge in [0.2, 0.25) is 0 Å². The number of carbonyl (C=O) groups excluding carboxylic acids is 1. The zero-order valence-electron chi connectivity index (χ0n) is 15.5. The first-order valence-corrected chi connectivity index (χ1v) is 8.69. The highest BCUT2D eigenvalue weighted by molar-refractivity contribution is 5.60. The van der Waals surface area contributed by atoms with E-state index in [1.165, 1.54) is 27.9 Å². The largest absolute Gasteiger partial charge is 0.528 e. The Morgan fingerprint density at radius 3 is 2.56 bits per heavy atom. The Hall–Kier alpha value is -2.75. The number of tetrazole rings is 1. The van der Waals surface area contributed by atoms with Gasteiger partial charge in [0.05, 0.1) is 11.7 Å². The van der Waals surface area contributed by atoms with Crippen molar-refractivity contribution in [1.29, 1.82) is 0 Å². The van der Waals surface area contributed by atoms with Gasteiger partial charge in [-0.1, -0.05) is 6.07 Å². The molecule has 0 atom stereocenters. The molecule has 1 fully saturated rings. The first kappa shape index (κ1) is 19.0. The summed E-state index contributed by atoms with van der Waals surface area (Å²) in [6.07, 6.45) is 0.338. The normalized spacial score (nSPS) is 16.3. The lowest BCUT2D eigenvalue weighted by atomic mass is 10.1. The van der Waals surface area contributed by atoms with Crippen LogP contribution in [0.3, 0.4) is 0 Å². The molecule has 3 rings (SSSR count). The molecule has 0 spiro atoms. The molecule has 146 valence electrons. The van der Waals surface area contributed by atoms with E-state index in [9.17, 15) is 14.0 Å². The maximum absolute atomic E-state index is 13.4. The van der Waals surface area contributed by atoms with Crippen molar-refractivity contribution in [2.45, 2.75) is 45.3 Å². The van der Waals surface area contributed by atoms with Crippen LogP contribution in [0.1, 0.15) is 39.7 Å². The maximum atomic E-state index is 13.4. The second kappa shape index (κ2) is 7.47. The summed E-state index contributed by atoms with van der Waals surface area (Å²) in [7, 11) is 0. The number of aromatic nitrogens is 4. The number of benzene rings is 1. The van der Waals surface area contributed by atoms with E-state index in [4.69, 9.17) is 9.57 Å². The molecule has 1 saturated heterocycles. The van der Waals surface area contributed by atoms with Crippen molar-refractivity contribution in [1.82, 2.24) is 24.9 Å². The van der Waals surface area contributed by atoms with Crippen molar-refractivity contribution in [3.05, 3.63) is 40.6 Å². The van der Waals surface area contributed by atoms with Crippen LogP contribution in [0.15, 0.2) is 29.1 Å². The third-order valence-electron chi connectivity index (χ3n) is 4.02. The molecule has 1 aliphatic heterocycles. The summed E-state index contributed by atoms with van der Waals surface area (Å²) in [6, 6.07) is 5.42. The Bertz CT molecular complexity index is 865. The summed E-state index contributed by atoms with van der Waals surface area (Å²) in [5.74, 6) is -0.457. The molecule has 1 aromatic carbocycles. The molecule has 10 heteroatoms. The minimum atomic E-state index is -0.754. The first-order chi connectivity index (χ1) is 12.7. The number of hydrogen-bond acceptors (Lipinski definition) is 7. The average Bonchev–Trinajstić information content (AvgIpc) is 2.95. The molecule has 0 amide bonds. The monoisotopic (exact) mass is 379 g/mol. The Morgan fingerprint density at radius 1 is 1.22 bits per heavy atom. The highest BCUT2D eigenvalue weighted by Gasteiger charge is 2.28. The van der Waals surface area contributed by atoms with Gasteiger partial charge >= 0.3 is 11.8 Å². The van der Waals surface area contributed by atoms with Crippen molar-refractivity contribution in [2.75, 3.05) is 13.1 Å². The van der Waals surface area contributed by atoms with Gasteiger partial charge < -0.3 is 9.57 Å². The van der Waals surface area contributed by atoms with E-state index in [0.717, 1.165) is 4.68 Å². The quantitative estimate of drug-likeness (QED) is 0.754. The molecule has 0 unspecified atom stereocenters. The van der Waals surface area contributed by atoms with Crippen molar-refractivity contribution >= 4 is 6.16 Å². The highest BCUT2D eigenvalue weighted by atomic mass is 19.1. The van der Waals surface area contributed by atoms with Crippen LogP contribution in [-0.2, 0) is 9.57 Å². The van der Waals surface area contributed by atoms with E-state index in [1.54, 1.807) is 26.8 Å². The van der Waals surface area contributed by atoms with Crippen LogP contribution >= 0.6 is 0 Å². The number of halogens is 1. The standard InChI is InChI=1S/C17H22FN5O4/c1-17(2,3)26-16(25)27-21-9-7-13(8-10-21)22-15(24)23(20-19-22)14-6-4-5-12(18)11-14/h4-6,11,13H,7-10H2,1-3H3. The van der Waals surface area contributed by atoms with E-state index >= 15 is 0 Å². The summed E-state index contributed by atoms with van der Waals surface area (Å²) in [5.41, 5.74) is -0.748. The Balaban J connectivity index is 1.62. The Kier molecular flexibility index (Phi) is 5.26. The second-order valence-electron chi connectivity index (χ2n) is 7.31. The van der Waals surface area contributed by atoms with Crippen LogP contribution in [0.5, 0.6) is 0 Å². The Morgan fingerprint density at radius 2 is 1.93 bits per heavy atom. The number of rotatable bonds is 3. The molecule has 9 nitrogen and oxygen atoms in total. The van der Waals surface area contributed by atoms with Gasteiger partial charge in [-0.2, -0.15) is 9.36 Å². The number of carbonyl (C=O) groups is 1. The lowest BCUT2D eigenvalue weighted by Crippen LogP contribution is -2.40.